The lowest BCUT2D eigenvalue weighted by Gasteiger charge is -2.45. The van der Waals surface area contributed by atoms with Gasteiger partial charge in [0.2, 0.25) is 0 Å². The van der Waals surface area contributed by atoms with E-state index in [1.54, 1.807) is 11.1 Å². The highest BCUT2D eigenvalue weighted by Crippen LogP contribution is 2.41. The monoisotopic (exact) mass is 398 g/mol. The predicted molar refractivity (Wildman–Crippen MR) is 99.6 cm³/mol. The van der Waals surface area contributed by atoms with Crippen LogP contribution in [-0.4, -0.2) is 24.3 Å². The molecule has 2 aromatic carbocycles. The quantitative estimate of drug-likeness (QED) is 0.714. The average molecular weight is 399 g/mol. The second-order valence-corrected chi connectivity index (χ2v) is 7.32. The van der Waals surface area contributed by atoms with Gasteiger partial charge in [0.05, 0.1) is 5.54 Å². The fourth-order valence-electron chi connectivity index (χ4n) is 3.71. The number of halogens is 4. The molecule has 1 unspecified atom stereocenters. The summed E-state index contributed by atoms with van der Waals surface area (Å²) >= 11 is 6.13. The maximum Gasteiger partial charge on any atom is 0.422 e. The summed E-state index contributed by atoms with van der Waals surface area (Å²) in [6, 6.07) is 14.5. The third kappa shape index (κ3) is 4.75. The van der Waals surface area contributed by atoms with Crippen LogP contribution in [0.1, 0.15) is 30.4 Å². The lowest BCUT2D eigenvalue weighted by atomic mass is 9.77. The molecule has 3 rings (SSSR count). The number of nitrogens with zero attached hydrogens (tertiary/aromatic N) is 1. The van der Waals surface area contributed by atoms with Gasteiger partial charge in [-0.25, -0.2) is 5.01 Å². The molecule has 3 nitrogen and oxygen atoms in total. The number of hydrazine groups is 1. The standard InChI is InChI=1S/C20H22ClF3N2O/c21-17-8-9-18(27-14-20(22,23)24)15(12-17)13-19(10-4-5-11-26(19)25)16-6-2-1-3-7-16/h1-3,6-9,12H,4-5,10-11,13-14,25H2. The van der Waals surface area contributed by atoms with Gasteiger partial charge in [0, 0.05) is 11.6 Å². The number of alkyl halides is 3. The number of ether oxygens (including phenoxy) is 1. The maximum atomic E-state index is 12.6. The van der Waals surface area contributed by atoms with Crippen LogP contribution < -0.4 is 10.6 Å². The van der Waals surface area contributed by atoms with Crippen LogP contribution >= 0.6 is 11.6 Å². The second-order valence-electron chi connectivity index (χ2n) is 6.88. The minimum absolute atomic E-state index is 0.186. The van der Waals surface area contributed by atoms with E-state index < -0.39 is 18.3 Å². The van der Waals surface area contributed by atoms with Crippen LogP contribution in [0.25, 0.3) is 0 Å². The minimum atomic E-state index is -4.40. The molecule has 1 heterocycles. The molecule has 0 aliphatic carbocycles. The molecule has 0 saturated carbocycles. The molecule has 1 fully saturated rings. The van der Waals surface area contributed by atoms with Gasteiger partial charge in [-0.15, -0.1) is 0 Å². The van der Waals surface area contributed by atoms with Crippen LogP contribution in [0.4, 0.5) is 13.2 Å². The molecule has 0 aromatic heterocycles. The molecule has 0 amide bonds. The van der Waals surface area contributed by atoms with Gasteiger partial charge in [0.1, 0.15) is 5.75 Å². The van der Waals surface area contributed by atoms with Crippen molar-refractivity contribution in [1.29, 1.82) is 0 Å². The molecule has 1 aliphatic rings. The van der Waals surface area contributed by atoms with Gasteiger partial charge in [-0.1, -0.05) is 41.9 Å². The molecular formula is C20H22ClF3N2O. The van der Waals surface area contributed by atoms with Crippen LogP contribution in [0, 0.1) is 0 Å². The van der Waals surface area contributed by atoms with E-state index in [2.05, 4.69) is 0 Å². The maximum absolute atomic E-state index is 12.6. The third-order valence-electron chi connectivity index (χ3n) is 5.00. The van der Waals surface area contributed by atoms with Crippen LogP contribution in [0.3, 0.4) is 0 Å². The smallest absolute Gasteiger partial charge is 0.422 e. The van der Waals surface area contributed by atoms with E-state index >= 15 is 0 Å². The molecule has 0 spiro atoms. The van der Waals surface area contributed by atoms with Gasteiger partial charge < -0.3 is 4.74 Å². The molecule has 1 aliphatic heterocycles. The fourth-order valence-corrected chi connectivity index (χ4v) is 3.90. The van der Waals surface area contributed by atoms with Crippen molar-refractivity contribution < 1.29 is 17.9 Å². The summed E-state index contributed by atoms with van der Waals surface area (Å²) in [5.74, 6) is 6.59. The van der Waals surface area contributed by atoms with Crippen molar-refractivity contribution in [3.63, 3.8) is 0 Å². The van der Waals surface area contributed by atoms with Crippen LogP contribution in [-0.2, 0) is 12.0 Å². The normalized spacial score (nSPS) is 21.2. The molecule has 146 valence electrons. The van der Waals surface area contributed by atoms with E-state index in [4.69, 9.17) is 22.2 Å². The van der Waals surface area contributed by atoms with Gasteiger partial charge >= 0.3 is 6.18 Å². The Labute approximate surface area is 161 Å². The van der Waals surface area contributed by atoms with E-state index in [9.17, 15) is 13.2 Å². The van der Waals surface area contributed by atoms with Crippen LogP contribution in [0.2, 0.25) is 5.02 Å². The molecule has 27 heavy (non-hydrogen) atoms. The Balaban J connectivity index is 1.98. The zero-order chi connectivity index (χ0) is 19.5. The van der Waals surface area contributed by atoms with E-state index in [0.29, 0.717) is 23.6 Å². The lowest BCUT2D eigenvalue weighted by molar-refractivity contribution is -0.153. The molecule has 2 N–H and O–H groups in total. The molecular weight excluding hydrogens is 377 g/mol. The van der Waals surface area contributed by atoms with Gasteiger partial charge in [0.15, 0.2) is 6.61 Å². The zero-order valence-corrected chi connectivity index (χ0v) is 15.6. The van der Waals surface area contributed by atoms with Crippen molar-refractivity contribution in [2.45, 2.75) is 37.4 Å². The number of benzene rings is 2. The summed E-state index contributed by atoms with van der Waals surface area (Å²) in [6.45, 7) is -0.624. The number of piperidine rings is 1. The first-order valence-corrected chi connectivity index (χ1v) is 9.24. The Kier molecular flexibility index (Phi) is 5.99. The average Bonchev–Trinajstić information content (AvgIpc) is 2.63. The first-order chi connectivity index (χ1) is 12.8. The van der Waals surface area contributed by atoms with E-state index in [1.807, 2.05) is 30.3 Å². The van der Waals surface area contributed by atoms with Gasteiger partial charge in [-0.2, -0.15) is 13.2 Å². The summed E-state index contributed by atoms with van der Waals surface area (Å²) in [4.78, 5) is 0. The number of hydrogen-bond acceptors (Lipinski definition) is 3. The summed E-state index contributed by atoms with van der Waals surface area (Å²) in [6.07, 6.45) is -1.21. The molecule has 1 saturated heterocycles. The van der Waals surface area contributed by atoms with E-state index in [-0.39, 0.29) is 5.75 Å². The first-order valence-electron chi connectivity index (χ1n) is 8.86. The summed E-state index contributed by atoms with van der Waals surface area (Å²) in [5, 5.41) is 2.26. The number of nitrogens with two attached hydrogens (primary N) is 1. The van der Waals surface area contributed by atoms with Crippen molar-refractivity contribution in [3.8, 4) is 5.75 Å². The third-order valence-corrected chi connectivity index (χ3v) is 5.23. The van der Waals surface area contributed by atoms with Gasteiger partial charge in [0.25, 0.3) is 0 Å². The lowest BCUT2D eigenvalue weighted by Crippen LogP contribution is -2.54. The van der Waals surface area contributed by atoms with Gasteiger partial charge in [-0.05, 0) is 55.0 Å². The summed E-state index contributed by atoms with van der Waals surface area (Å²) < 4.78 is 43.0. The fraction of sp³-hybridized carbons (Fsp3) is 0.400. The van der Waals surface area contributed by atoms with Crippen molar-refractivity contribution in [2.75, 3.05) is 13.2 Å². The van der Waals surface area contributed by atoms with Crippen molar-refractivity contribution >= 4 is 11.6 Å². The molecule has 1 atom stereocenters. The van der Waals surface area contributed by atoms with Crippen molar-refractivity contribution in [3.05, 3.63) is 64.7 Å². The van der Waals surface area contributed by atoms with Crippen LogP contribution in [0.15, 0.2) is 48.5 Å². The van der Waals surface area contributed by atoms with E-state index in [0.717, 1.165) is 24.8 Å². The highest BCUT2D eigenvalue weighted by molar-refractivity contribution is 6.30. The van der Waals surface area contributed by atoms with E-state index in [1.165, 1.54) is 12.1 Å². The molecule has 2 aromatic rings. The Morgan fingerprint density at radius 1 is 1.11 bits per heavy atom. The summed E-state index contributed by atoms with van der Waals surface area (Å²) in [7, 11) is 0. The minimum Gasteiger partial charge on any atom is -0.484 e. The Bertz CT molecular complexity index is 770. The van der Waals surface area contributed by atoms with Crippen molar-refractivity contribution in [2.24, 2.45) is 5.84 Å². The largest absolute Gasteiger partial charge is 0.484 e. The molecule has 7 heteroatoms. The first kappa shape index (κ1) is 20.0. The SMILES string of the molecule is NN1CCCCC1(Cc1cc(Cl)ccc1OCC(F)(F)F)c1ccccc1. The van der Waals surface area contributed by atoms with Crippen LogP contribution in [0.5, 0.6) is 5.75 Å². The summed E-state index contributed by atoms with van der Waals surface area (Å²) in [5.41, 5.74) is 1.14. The van der Waals surface area contributed by atoms with Gasteiger partial charge in [-0.3, -0.25) is 5.84 Å². The second kappa shape index (κ2) is 8.09. The molecule has 0 bridgehead atoms. The predicted octanol–water partition coefficient (Wildman–Crippen LogP) is 5.08. The highest BCUT2D eigenvalue weighted by atomic mass is 35.5. The molecule has 0 radical (unpaired) electrons. The number of rotatable bonds is 5. The Hall–Kier alpha value is -1.76. The highest BCUT2D eigenvalue weighted by Gasteiger charge is 2.40. The number of hydrogen-bond donors (Lipinski definition) is 1. The van der Waals surface area contributed by atoms with Crippen molar-refractivity contribution in [1.82, 2.24) is 5.01 Å². The Morgan fingerprint density at radius 3 is 2.52 bits per heavy atom. The topological polar surface area (TPSA) is 38.5 Å². The Morgan fingerprint density at radius 2 is 1.85 bits per heavy atom. The zero-order valence-electron chi connectivity index (χ0n) is 14.8.